The fourth-order valence-corrected chi connectivity index (χ4v) is 3.58. The first kappa shape index (κ1) is 19.8. The molecule has 0 saturated carbocycles. The lowest BCUT2D eigenvalue weighted by molar-refractivity contribution is 0.0785. The molecule has 0 radical (unpaired) electrons. The van der Waals surface area contributed by atoms with Crippen molar-refractivity contribution in [2.45, 2.75) is 33.4 Å². The van der Waals surface area contributed by atoms with E-state index in [0.717, 1.165) is 33.5 Å². The van der Waals surface area contributed by atoms with E-state index in [1.165, 1.54) is 0 Å². The number of carbonyl (C=O) groups excluding carboxylic acids is 1. The van der Waals surface area contributed by atoms with E-state index < -0.39 is 0 Å². The molecule has 0 aliphatic heterocycles. The Morgan fingerprint density at radius 2 is 1.90 bits per heavy atom. The second-order valence-corrected chi connectivity index (χ2v) is 7.77. The zero-order chi connectivity index (χ0) is 21.3. The number of nitrogens with zero attached hydrogens (tertiary/aromatic N) is 5. The molecule has 1 amide bonds. The number of amides is 1. The SMILES string of the molecule is Cc1ccccc1-c1cc(C(=O)N(C)Cc2ccccn2)c2cnn(C(C)C)c2n1. The summed E-state index contributed by atoms with van der Waals surface area (Å²) in [5.41, 5.74) is 5.06. The summed E-state index contributed by atoms with van der Waals surface area (Å²) in [6.07, 6.45) is 3.48. The molecular weight excluding hydrogens is 374 g/mol. The van der Waals surface area contributed by atoms with Gasteiger partial charge in [-0.25, -0.2) is 9.67 Å². The summed E-state index contributed by atoms with van der Waals surface area (Å²) in [4.78, 5) is 24.4. The second-order valence-electron chi connectivity index (χ2n) is 7.77. The maximum atomic E-state index is 13.4. The lowest BCUT2D eigenvalue weighted by atomic mass is 10.0. The van der Waals surface area contributed by atoms with E-state index >= 15 is 0 Å². The number of aryl methyl sites for hydroxylation is 1. The molecule has 4 aromatic rings. The molecule has 0 aliphatic rings. The molecule has 3 heterocycles. The summed E-state index contributed by atoms with van der Waals surface area (Å²) >= 11 is 0. The van der Waals surface area contributed by atoms with E-state index in [2.05, 4.69) is 36.9 Å². The number of rotatable bonds is 5. The molecule has 1 aromatic carbocycles. The maximum Gasteiger partial charge on any atom is 0.254 e. The monoisotopic (exact) mass is 399 g/mol. The summed E-state index contributed by atoms with van der Waals surface area (Å²) in [7, 11) is 1.80. The van der Waals surface area contributed by atoms with Gasteiger partial charge in [0.2, 0.25) is 0 Å². The van der Waals surface area contributed by atoms with E-state index in [1.54, 1.807) is 24.3 Å². The molecule has 152 valence electrons. The molecule has 0 atom stereocenters. The van der Waals surface area contributed by atoms with Gasteiger partial charge in [-0.15, -0.1) is 0 Å². The average molecular weight is 399 g/mol. The van der Waals surface area contributed by atoms with Crippen LogP contribution >= 0.6 is 0 Å². The average Bonchev–Trinajstić information content (AvgIpc) is 3.18. The van der Waals surface area contributed by atoms with E-state index in [-0.39, 0.29) is 11.9 Å². The van der Waals surface area contributed by atoms with Crippen molar-refractivity contribution in [3.05, 3.63) is 77.7 Å². The lowest BCUT2D eigenvalue weighted by Crippen LogP contribution is -2.27. The number of aromatic nitrogens is 4. The minimum atomic E-state index is -0.0776. The van der Waals surface area contributed by atoms with Crippen LogP contribution < -0.4 is 0 Å². The molecule has 0 bridgehead atoms. The van der Waals surface area contributed by atoms with Gasteiger partial charge < -0.3 is 4.90 Å². The van der Waals surface area contributed by atoms with Gasteiger partial charge in [0, 0.05) is 24.8 Å². The van der Waals surface area contributed by atoms with Crippen molar-refractivity contribution in [2.24, 2.45) is 0 Å². The van der Waals surface area contributed by atoms with Gasteiger partial charge in [0.05, 0.1) is 35.1 Å². The first-order chi connectivity index (χ1) is 14.5. The predicted octanol–water partition coefficient (Wildman–Crippen LogP) is 4.65. The Hall–Kier alpha value is -3.54. The fraction of sp³-hybridized carbons (Fsp3) is 0.250. The second kappa shape index (κ2) is 8.06. The van der Waals surface area contributed by atoms with Crippen LogP contribution in [0.5, 0.6) is 0 Å². The smallest absolute Gasteiger partial charge is 0.254 e. The van der Waals surface area contributed by atoms with E-state index in [4.69, 9.17) is 4.98 Å². The third-order valence-electron chi connectivity index (χ3n) is 5.18. The van der Waals surface area contributed by atoms with Crippen molar-refractivity contribution < 1.29 is 4.79 Å². The molecular formula is C24H25N5O. The van der Waals surface area contributed by atoms with Gasteiger partial charge in [-0.1, -0.05) is 30.3 Å². The van der Waals surface area contributed by atoms with Crippen molar-refractivity contribution in [1.82, 2.24) is 24.6 Å². The molecule has 0 fully saturated rings. The van der Waals surface area contributed by atoms with Gasteiger partial charge in [-0.2, -0.15) is 5.10 Å². The zero-order valence-electron chi connectivity index (χ0n) is 17.7. The van der Waals surface area contributed by atoms with Crippen molar-refractivity contribution in [1.29, 1.82) is 0 Å². The maximum absolute atomic E-state index is 13.4. The first-order valence-corrected chi connectivity index (χ1v) is 10.1. The molecule has 6 nitrogen and oxygen atoms in total. The summed E-state index contributed by atoms with van der Waals surface area (Å²) in [6, 6.07) is 15.8. The van der Waals surface area contributed by atoms with Crippen LogP contribution in [0.2, 0.25) is 0 Å². The first-order valence-electron chi connectivity index (χ1n) is 10.1. The Bertz CT molecular complexity index is 1200. The van der Waals surface area contributed by atoms with Gasteiger partial charge in [0.15, 0.2) is 5.65 Å². The number of hydrogen-bond acceptors (Lipinski definition) is 4. The van der Waals surface area contributed by atoms with Gasteiger partial charge >= 0.3 is 0 Å². The number of pyridine rings is 2. The van der Waals surface area contributed by atoms with Crippen LogP contribution in [0.15, 0.2) is 60.9 Å². The van der Waals surface area contributed by atoms with E-state index in [0.29, 0.717) is 12.1 Å². The molecule has 3 aromatic heterocycles. The normalized spacial score (nSPS) is 11.2. The van der Waals surface area contributed by atoms with Crippen molar-refractivity contribution in [3.63, 3.8) is 0 Å². The van der Waals surface area contributed by atoms with Crippen molar-refractivity contribution in [2.75, 3.05) is 7.05 Å². The van der Waals surface area contributed by atoms with Crippen LogP contribution in [-0.4, -0.2) is 37.6 Å². The zero-order valence-corrected chi connectivity index (χ0v) is 17.7. The Morgan fingerprint density at radius 1 is 1.13 bits per heavy atom. The highest BCUT2D eigenvalue weighted by Crippen LogP contribution is 2.29. The Kier molecular flexibility index (Phi) is 5.31. The third-order valence-corrected chi connectivity index (χ3v) is 5.18. The Morgan fingerprint density at radius 3 is 2.60 bits per heavy atom. The van der Waals surface area contributed by atoms with Crippen molar-refractivity contribution in [3.8, 4) is 11.3 Å². The summed E-state index contributed by atoms with van der Waals surface area (Å²) in [5, 5.41) is 5.27. The molecule has 0 saturated heterocycles. The number of hydrogen-bond donors (Lipinski definition) is 0. The molecule has 0 unspecified atom stereocenters. The number of fused-ring (bicyclic) bond motifs is 1. The third kappa shape index (κ3) is 3.68. The standard InChI is InChI=1S/C24H25N5O/c1-16(2)29-23-21(14-26-29)20(13-22(27-23)19-11-6-5-9-17(19)3)24(30)28(4)15-18-10-7-8-12-25-18/h5-14,16H,15H2,1-4H3. The summed E-state index contributed by atoms with van der Waals surface area (Å²) < 4.78 is 1.87. The van der Waals surface area contributed by atoms with E-state index in [9.17, 15) is 4.79 Å². The van der Waals surface area contributed by atoms with Gasteiger partial charge in [-0.05, 0) is 44.5 Å². The van der Waals surface area contributed by atoms with Gasteiger partial charge in [-0.3, -0.25) is 9.78 Å². The highest BCUT2D eigenvalue weighted by atomic mass is 16.2. The van der Waals surface area contributed by atoms with E-state index in [1.807, 2.05) is 47.1 Å². The van der Waals surface area contributed by atoms with Crippen LogP contribution in [0, 0.1) is 6.92 Å². The number of benzene rings is 1. The van der Waals surface area contributed by atoms with Crippen LogP contribution in [-0.2, 0) is 6.54 Å². The largest absolute Gasteiger partial charge is 0.336 e. The molecule has 0 aliphatic carbocycles. The molecule has 4 rings (SSSR count). The van der Waals surface area contributed by atoms with Crippen LogP contribution in [0.3, 0.4) is 0 Å². The predicted molar refractivity (Wildman–Crippen MR) is 118 cm³/mol. The summed E-state index contributed by atoms with van der Waals surface area (Å²) in [5.74, 6) is -0.0776. The molecule has 0 N–H and O–H groups in total. The summed E-state index contributed by atoms with van der Waals surface area (Å²) in [6.45, 7) is 6.60. The van der Waals surface area contributed by atoms with Crippen LogP contribution in [0.4, 0.5) is 0 Å². The van der Waals surface area contributed by atoms with Gasteiger partial charge in [0.1, 0.15) is 0 Å². The Labute approximate surface area is 176 Å². The molecule has 6 heteroatoms. The Balaban J connectivity index is 1.83. The van der Waals surface area contributed by atoms with Gasteiger partial charge in [0.25, 0.3) is 5.91 Å². The minimum absolute atomic E-state index is 0.0776. The molecule has 30 heavy (non-hydrogen) atoms. The quantitative estimate of drug-likeness (QED) is 0.490. The van der Waals surface area contributed by atoms with Crippen LogP contribution in [0.1, 0.15) is 41.5 Å². The topological polar surface area (TPSA) is 63.9 Å². The highest BCUT2D eigenvalue weighted by molar-refractivity contribution is 6.06. The van der Waals surface area contributed by atoms with Crippen LogP contribution in [0.25, 0.3) is 22.3 Å². The minimum Gasteiger partial charge on any atom is -0.336 e. The van der Waals surface area contributed by atoms with Crippen molar-refractivity contribution >= 4 is 16.9 Å². The fourth-order valence-electron chi connectivity index (χ4n) is 3.58. The lowest BCUT2D eigenvalue weighted by Gasteiger charge is -2.18. The highest BCUT2D eigenvalue weighted by Gasteiger charge is 2.21. The molecule has 0 spiro atoms. The number of carbonyl (C=O) groups is 1.